The number of methoxy groups -OCH3 is 1. The smallest absolute Gasteiger partial charge is 0.123 e. The van der Waals surface area contributed by atoms with E-state index in [4.69, 9.17) is 9.47 Å². The van der Waals surface area contributed by atoms with Crippen LogP contribution in [0.1, 0.15) is 37.4 Å². The van der Waals surface area contributed by atoms with E-state index in [1.165, 1.54) is 6.07 Å². The summed E-state index contributed by atoms with van der Waals surface area (Å²) in [5, 5.41) is 0.671. The lowest BCUT2D eigenvalue weighted by Gasteiger charge is -2.31. The summed E-state index contributed by atoms with van der Waals surface area (Å²) in [5.41, 5.74) is 0.886. The second-order valence-electron chi connectivity index (χ2n) is 4.98. The Bertz CT molecular complexity index is 399. The Morgan fingerprint density at radius 3 is 2.84 bits per heavy atom. The van der Waals surface area contributed by atoms with Crippen molar-refractivity contribution < 1.29 is 13.9 Å². The highest BCUT2D eigenvalue weighted by Crippen LogP contribution is 2.29. The molecule has 0 N–H and O–H groups in total. The number of rotatable bonds is 5. The maximum absolute atomic E-state index is 13.3. The third-order valence-electron chi connectivity index (χ3n) is 3.63. The van der Waals surface area contributed by atoms with Gasteiger partial charge >= 0.3 is 0 Å². The number of hydrogen-bond donors (Lipinski definition) is 0. The second kappa shape index (κ2) is 7.36. The van der Waals surface area contributed by atoms with Gasteiger partial charge in [0.2, 0.25) is 0 Å². The van der Waals surface area contributed by atoms with E-state index >= 15 is 0 Å². The van der Waals surface area contributed by atoms with Crippen LogP contribution in [-0.2, 0) is 9.47 Å². The van der Waals surface area contributed by atoms with Gasteiger partial charge in [-0.05, 0) is 43.4 Å². The molecule has 1 fully saturated rings. The Labute approximate surface area is 122 Å². The Kier molecular flexibility index (Phi) is 5.79. The van der Waals surface area contributed by atoms with Gasteiger partial charge in [-0.1, -0.05) is 28.1 Å². The lowest BCUT2D eigenvalue weighted by atomic mass is 9.94. The lowest BCUT2D eigenvalue weighted by molar-refractivity contribution is -0.0584. The molecule has 1 aliphatic rings. The molecule has 0 saturated heterocycles. The number of ether oxygens (including phenoxy) is 2. The Balaban J connectivity index is 1.99. The Hall–Kier alpha value is -0.450. The lowest BCUT2D eigenvalue weighted by Crippen LogP contribution is -2.29. The molecule has 4 heteroatoms. The van der Waals surface area contributed by atoms with Crippen LogP contribution in [0.4, 0.5) is 4.39 Å². The van der Waals surface area contributed by atoms with E-state index in [2.05, 4.69) is 15.9 Å². The van der Waals surface area contributed by atoms with Crippen molar-refractivity contribution in [2.45, 2.75) is 44.0 Å². The van der Waals surface area contributed by atoms with Crippen LogP contribution >= 0.6 is 15.9 Å². The summed E-state index contributed by atoms with van der Waals surface area (Å²) in [4.78, 5) is 0. The molecule has 0 aromatic heterocycles. The van der Waals surface area contributed by atoms with Crippen LogP contribution in [0.5, 0.6) is 0 Å². The van der Waals surface area contributed by atoms with Gasteiger partial charge in [-0.25, -0.2) is 4.39 Å². The summed E-state index contributed by atoms with van der Waals surface area (Å²) in [7, 11) is 1.75. The van der Waals surface area contributed by atoms with Crippen LogP contribution in [0.25, 0.3) is 0 Å². The van der Waals surface area contributed by atoms with Crippen molar-refractivity contribution in [3.63, 3.8) is 0 Å². The fourth-order valence-corrected chi connectivity index (χ4v) is 3.11. The van der Waals surface area contributed by atoms with E-state index < -0.39 is 0 Å². The summed E-state index contributed by atoms with van der Waals surface area (Å²) in [6, 6.07) is 6.63. The monoisotopic (exact) mass is 330 g/mol. The van der Waals surface area contributed by atoms with Gasteiger partial charge < -0.3 is 9.47 Å². The molecule has 1 aliphatic carbocycles. The molecule has 0 radical (unpaired) electrons. The SMILES string of the molecule is COC1CCCC(OC(CBr)c2cccc(F)c2)C1. The van der Waals surface area contributed by atoms with E-state index in [0.717, 1.165) is 31.2 Å². The van der Waals surface area contributed by atoms with Crippen LogP contribution in [0, 0.1) is 5.82 Å². The van der Waals surface area contributed by atoms with Crippen molar-refractivity contribution in [1.82, 2.24) is 0 Å². The minimum atomic E-state index is -0.217. The Morgan fingerprint density at radius 1 is 1.37 bits per heavy atom. The van der Waals surface area contributed by atoms with Crippen LogP contribution in [0.15, 0.2) is 24.3 Å². The molecule has 2 nitrogen and oxygen atoms in total. The quantitative estimate of drug-likeness (QED) is 0.752. The molecule has 0 bridgehead atoms. The summed E-state index contributed by atoms with van der Waals surface area (Å²) in [6.45, 7) is 0. The molecular formula is C15H20BrFO2. The molecule has 3 unspecified atom stereocenters. The first-order chi connectivity index (χ1) is 9.22. The van der Waals surface area contributed by atoms with E-state index in [1.54, 1.807) is 19.2 Å². The predicted molar refractivity (Wildman–Crippen MR) is 77.1 cm³/mol. The molecule has 0 amide bonds. The van der Waals surface area contributed by atoms with Gasteiger partial charge in [0.15, 0.2) is 0 Å². The van der Waals surface area contributed by atoms with Crippen molar-refractivity contribution in [3.05, 3.63) is 35.6 Å². The summed E-state index contributed by atoms with van der Waals surface area (Å²) < 4.78 is 24.8. The molecule has 1 aromatic carbocycles. The third kappa shape index (κ3) is 4.26. The molecule has 1 aromatic rings. The predicted octanol–water partition coefficient (Wildman–Crippen LogP) is 4.24. The zero-order valence-corrected chi connectivity index (χ0v) is 12.7. The highest BCUT2D eigenvalue weighted by molar-refractivity contribution is 9.09. The van der Waals surface area contributed by atoms with E-state index in [0.29, 0.717) is 11.4 Å². The van der Waals surface area contributed by atoms with Gasteiger partial charge in [0.05, 0.1) is 18.3 Å². The normalized spacial score (nSPS) is 25.2. The van der Waals surface area contributed by atoms with Crippen LogP contribution in [-0.4, -0.2) is 24.6 Å². The molecule has 0 heterocycles. The van der Waals surface area contributed by atoms with Crippen LogP contribution in [0.2, 0.25) is 0 Å². The molecule has 1 saturated carbocycles. The zero-order chi connectivity index (χ0) is 13.7. The van der Waals surface area contributed by atoms with Gasteiger partial charge in [0.1, 0.15) is 5.82 Å². The standard InChI is InChI=1S/C15H20BrFO2/c1-18-13-6-3-7-14(9-13)19-15(10-16)11-4-2-5-12(17)8-11/h2,4-5,8,13-15H,3,6-7,9-10H2,1H3. The fraction of sp³-hybridized carbons (Fsp3) is 0.600. The minimum Gasteiger partial charge on any atom is -0.381 e. The first kappa shape index (κ1) is 14.9. The van der Waals surface area contributed by atoms with E-state index in [1.807, 2.05) is 6.07 Å². The summed E-state index contributed by atoms with van der Waals surface area (Å²) >= 11 is 3.46. The van der Waals surface area contributed by atoms with Crippen molar-refractivity contribution in [3.8, 4) is 0 Å². The van der Waals surface area contributed by atoms with Gasteiger partial charge in [0.25, 0.3) is 0 Å². The number of alkyl halides is 1. The van der Waals surface area contributed by atoms with Crippen LogP contribution < -0.4 is 0 Å². The Morgan fingerprint density at radius 2 is 2.16 bits per heavy atom. The average Bonchev–Trinajstić information content (AvgIpc) is 2.45. The largest absolute Gasteiger partial charge is 0.381 e. The molecule has 2 rings (SSSR count). The van der Waals surface area contributed by atoms with Gasteiger partial charge in [-0.3, -0.25) is 0 Å². The van der Waals surface area contributed by atoms with Crippen molar-refractivity contribution in [2.24, 2.45) is 0 Å². The third-order valence-corrected chi connectivity index (χ3v) is 4.22. The molecule has 3 atom stereocenters. The second-order valence-corrected chi connectivity index (χ2v) is 5.63. The highest BCUT2D eigenvalue weighted by atomic mass is 79.9. The summed E-state index contributed by atoms with van der Waals surface area (Å²) in [6.07, 6.45) is 4.60. The first-order valence-electron chi connectivity index (χ1n) is 6.72. The zero-order valence-electron chi connectivity index (χ0n) is 11.1. The molecule has 106 valence electrons. The maximum atomic E-state index is 13.3. The number of benzene rings is 1. The highest BCUT2D eigenvalue weighted by Gasteiger charge is 2.25. The van der Waals surface area contributed by atoms with E-state index in [-0.39, 0.29) is 18.0 Å². The fourth-order valence-electron chi connectivity index (χ4n) is 2.58. The van der Waals surface area contributed by atoms with Gasteiger partial charge in [-0.15, -0.1) is 0 Å². The first-order valence-corrected chi connectivity index (χ1v) is 7.84. The number of halogens is 2. The molecule has 0 spiro atoms. The average molecular weight is 331 g/mol. The van der Waals surface area contributed by atoms with Gasteiger partial charge in [0, 0.05) is 12.4 Å². The van der Waals surface area contributed by atoms with Crippen LogP contribution in [0.3, 0.4) is 0 Å². The molecular weight excluding hydrogens is 311 g/mol. The van der Waals surface area contributed by atoms with Crippen molar-refractivity contribution >= 4 is 15.9 Å². The summed E-state index contributed by atoms with van der Waals surface area (Å²) in [5.74, 6) is -0.217. The minimum absolute atomic E-state index is 0.101. The van der Waals surface area contributed by atoms with Gasteiger partial charge in [-0.2, -0.15) is 0 Å². The molecule has 19 heavy (non-hydrogen) atoms. The number of hydrogen-bond acceptors (Lipinski definition) is 2. The maximum Gasteiger partial charge on any atom is 0.123 e. The van der Waals surface area contributed by atoms with E-state index in [9.17, 15) is 4.39 Å². The van der Waals surface area contributed by atoms with Crippen molar-refractivity contribution in [2.75, 3.05) is 12.4 Å². The molecule has 0 aliphatic heterocycles. The van der Waals surface area contributed by atoms with Crippen molar-refractivity contribution in [1.29, 1.82) is 0 Å². The topological polar surface area (TPSA) is 18.5 Å².